The van der Waals surface area contributed by atoms with Gasteiger partial charge in [0, 0.05) is 27.1 Å². The van der Waals surface area contributed by atoms with E-state index in [1.807, 2.05) is 13.8 Å². The van der Waals surface area contributed by atoms with Crippen molar-refractivity contribution in [3.8, 4) is 0 Å². The van der Waals surface area contributed by atoms with Crippen LogP contribution in [0.25, 0.3) is 0 Å². The fourth-order valence-corrected chi connectivity index (χ4v) is 1.22. The van der Waals surface area contributed by atoms with Crippen LogP contribution in [-0.2, 0) is 9.47 Å². The molecule has 1 aliphatic rings. The van der Waals surface area contributed by atoms with E-state index < -0.39 is 6.10 Å². The number of aliphatic hydroxyl groups excluding tert-OH is 3. The Morgan fingerprint density at radius 1 is 1.27 bits per heavy atom. The summed E-state index contributed by atoms with van der Waals surface area (Å²) in [5.74, 6) is 0. The fraction of sp³-hybridized carbons (Fsp3) is 1.00. The summed E-state index contributed by atoms with van der Waals surface area (Å²) in [7, 11) is 2.52. The molecule has 1 rings (SSSR count). The van der Waals surface area contributed by atoms with Gasteiger partial charge in [0.2, 0.25) is 0 Å². The molecule has 5 heteroatoms. The van der Waals surface area contributed by atoms with Gasteiger partial charge in [-0.15, -0.1) is 0 Å². The minimum atomic E-state index is -0.411. The van der Waals surface area contributed by atoms with Crippen LogP contribution in [0, 0.1) is 0 Å². The van der Waals surface area contributed by atoms with Crippen molar-refractivity contribution in [2.75, 3.05) is 20.8 Å². The van der Waals surface area contributed by atoms with Crippen LogP contribution >= 0.6 is 0 Å². The maximum absolute atomic E-state index is 9.24. The molecular formula is C10H24O5. The highest BCUT2D eigenvalue weighted by atomic mass is 16.7. The highest BCUT2D eigenvalue weighted by Crippen LogP contribution is 2.19. The molecule has 0 spiro atoms. The summed E-state index contributed by atoms with van der Waals surface area (Å²) in [6, 6.07) is 0. The molecule has 1 fully saturated rings. The molecule has 1 saturated heterocycles. The van der Waals surface area contributed by atoms with Gasteiger partial charge in [0.05, 0.1) is 18.8 Å². The second-order valence-corrected chi connectivity index (χ2v) is 2.73. The van der Waals surface area contributed by atoms with Crippen LogP contribution in [0.1, 0.15) is 26.7 Å². The predicted molar refractivity (Wildman–Crippen MR) is 57.5 cm³/mol. The Kier molecular flexibility index (Phi) is 13.6. The van der Waals surface area contributed by atoms with Gasteiger partial charge >= 0.3 is 0 Å². The zero-order valence-corrected chi connectivity index (χ0v) is 10.0. The third-order valence-corrected chi connectivity index (χ3v) is 1.81. The van der Waals surface area contributed by atoms with Gasteiger partial charge in [0.25, 0.3) is 0 Å². The van der Waals surface area contributed by atoms with Crippen molar-refractivity contribution in [1.29, 1.82) is 0 Å². The van der Waals surface area contributed by atoms with Gasteiger partial charge in [-0.3, -0.25) is 0 Å². The van der Waals surface area contributed by atoms with Crippen molar-refractivity contribution in [1.82, 2.24) is 0 Å². The van der Waals surface area contributed by atoms with Gasteiger partial charge in [-0.05, 0) is 0 Å². The third-order valence-electron chi connectivity index (χ3n) is 1.81. The largest absolute Gasteiger partial charge is 0.400 e. The Bertz CT molecular complexity index is 108. The zero-order chi connectivity index (χ0) is 12.3. The van der Waals surface area contributed by atoms with Crippen LogP contribution in [0.5, 0.6) is 0 Å². The SMILES string of the molecule is CC.CO.COC1CC(O)CC(CO)O1. The Morgan fingerprint density at radius 2 is 1.80 bits per heavy atom. The Balaban J connectivity index is 0. The highest BCUT2D eigenvalue weighted by molar-refractivity contribution is 4.72. The molecule has 0 amide bonds. The van der Waals surface area contributed by atoms with Crippen LogP contribution < -0.4 is 0 Å². The van der Waals surface area contributed by atoms with E-state index >= 15 is 0 Å². The van der Waals surface area contributed by atoms with Crippen molar-refractivity contribution in [2.45, 2.75) is 45.2 Å². The van der Waals surface area contributed by atoms with Crippen LogP contribution in [0.2, 0.25) is 0 Å². The van der Waals surface area contributed by atoms with Crippen molar-refractivity contribution in [2.24, 2.45) is 0 Å². The molecule has 0 aromatic carbocycles. The Hall–Kier alpha value is -0.200. The third kappa shape index (κ3) is 7.70. The molecule has 0 radical (unpaired) electrons. The average molecular weight is 224 g/mol. The quantitative estimate of drug-likeness (QED) is 0.621. The van der Waals surface area contributed by atoms with Gasteiger partial charge in [-0.25, -0.2) is 0 Å². The maximum atomic E-state index is 9.24. The topological polar surface area (TPSA) is 79.2 Å². The normalized spacial score (nSPS) is 29.4. The van der Waals surface area contributed by atoms with Crippen molar-refractivity contribution < 1.29 is 24.8 Å². The predicted octanol–water partition coefficient (Wildman–Crippen LogP) is 0.126. The summed E-state index contributed by atoms with van der Waals surface area (Å²) in [5.41, 5.74) is 0. The number of rotatable bonds is 2. The highest BCUT2D eigenvalue weighted by Gasteiger charge is 2.27. The standard InChI is InChI=1S/C7H14O4.C2H6.CH4O/c1-10-7-3-5(9)2-6(4-8)11-7;2*1-2/h5-9H,2-4H2,1H3;1-2H3;2H,1H3. The first-order valence-corrected chi connectivity index (χ1v) is 5.18. The summed E-state index contributed by atoms with van der Waals surface area (Å²) in [6.45, 7) is 3.94. The summed E-state index contributed by atoms with van der Waals surface area (Å²) in [5, 5.41) is 25.0. The van der Waals surface area contributed by atoms with E-state index in [-0.39, 0.29) is 19.0 Å². The summed E-state index contributed by atoms with van der Waals surface area (Å²) in [4.78, 5) is 0. The van der Waals surface area contributed by atoms with Crippen molar-refractivity contribution in [3.63, 3.8) is 0 Å². The van der Waals surface area contributed by atoms with Gasteiger partial charge in [-0.2, -0.15) is 0 Å². The van der Waals surface area contributed by atoms with Crippen LogP contribution in [0.3, 0.4) is 0 Å². The molecule has 0 aliphatic carbocycles. The monoisotopic (exact) mass is 224 g/mol. The van der Waals surface area contributed by atoms with E-state index in [0.29, 0.717) is 12.8 Å². The molecular weight excluding hydrogens is 200 g/mol. The molecule has 3 atom stereocenters. The Morgan fingerprint density at radius 3 is 2.20 bits per heavy atom. The average Bonchev–Trinajstić information content (AvgIpc) is 2.33. The first-order chi connectivity index (χ1) is 7.26. The van der Waals surface area contributed by atoms with Crippen molar-refractivity contribution in [3.05, 3.63) is 0 Å². The Labute approximate surface area is 91.6 Å². The molecule has 0 saturated carbocycles. The lowest BCUT2D eigenvalue weighted by atomic mass is 10.1. The molecule has 15 heavy (non-hydrogen) atoms. The number of hydrogen-bond acceptors (Lipinski definition) is 5. The molecule has 0 aromatic heterocycles. The second-order valence-electron chi connectivity index (χ2n) is 2.73. The van der Waals surface area contributed by atoms with E-state index in [1.165, 1.54) is 7.11 Å². The summed E-state index contributed by atoms with van der Waals surface area (Å²) < 4.78 is 10.1. The molecule has 0 aromatic rings. The van der Waals surface area contributed by atoms with E-state index in [0.717, 1.165) is 7.11 Å². The minimum Gasteiger partial charge on any atom is -0.400 e. The molecule has 5 nitrogen and oxygen atoms in total. The van der Waals surface area contributed by atoms with E-state index in [2.05, 4.69) is 0 Å². The molecule has 0 bridgehead atoms. The molecule has 3 unspecified atom stereocenters. The number of aliphatic hydroxyl groups is 3. The van der Waals surface area contributed by atoms with E-state index in [9.17, 15) is 5.11 Å². The number of ether oxygens (including phenoxy) is 2. The number of methoxy groups -OCH3 is 1. The first-order valence-electron chi connectivity index (χ1n) is 5.18. The molecule has 3 N–H and O–H groups in total. The van der Waals surface area contributed by atoms with Gasteiger partial charge < -0.3 is 24.8 Å². The van der Waals surface area contributed by atoms with Gasteiger partial charge in [0.15, 0.2) is 6.29 Å². The minimum absolute atomic E-state index is 0.0586. The lowest BCUT2D eigenvalue weighted by Crippen LogP contribution is -2.38. The first kappa shape index (κ1) is 17.2. The smallest absolute Gasteiger partial charge is 0.160 e. The zero-order valence-electron chi connectivity index (χ0n) is 10.0. The molecule has 1 aliphatic heterocycles. The fourth-order valence-electron chi connectivity index (χ4n) is 1.22. The van der Waals surface area contributed by atoms with Crippen LogP contribution in [0.4, 0.5) is 0 Å². The van der Waals surface area contributed by atoms with E-state index in [1.54, 1.807) is 0 Å². The molecule has 94 valence electrons. The lowest BCUT2D eigenvalue weighted by molar-refractivity contribution is -0.210. The maximum Gasteiger partial charge on any atom is 0.160 e. The summed E-state index contributed by atoms with van der Waals surface area (Å²) >= 11 is 0. The number of hydrogen-bond donors (Lipinski definition) is 3. The second kappa shape index (κ2) is 11.9. The van der Waals surface area contributed by atoms with Gasteiger partial charge in [0.1, 0.15) is 0 Å². The van der Waals surface area contributed by atoms with E-state index in [4.69, 9.17) is 19.7 Å². The van der Waals surface area contributed by atoms with Gasteiger partial charge in [-0.1, -0.05) is 13.8 Å². The molecule has 1 heterocycles. The van der Waals surface area contributed by atoms with Crippen molar-refractivity contribution >= 4 is 0 Å². The summed E-state index contributed by atoms with van der Waals surface area (Å²) in [6.07, 6.45) is -0.0611. The van der Waals surface area contributed by atoms with Crippen LogP contribution in [0.15, 0.2) is 0 Å². The lowest BCUT2D eigenvalue weighted by Gasteiger charge is -2.30. The van der Waals surface area contributed by atoms with Crippen LogP contribution in [-0.4, -0.2) is 54.6 Å².